The van der Waals surface area contributed by atoms with E-state index < -0.39 is 11.9 Å². The van der Waals surface area contributed by atoms with E-state index in [1.165, 1.54) is 23.5 Å². The molecule has 1 aliphatic carbocycles. The summed E-state index contributed by atoms with van der Waals surface area (Å²) in [6.45, 7) is 7.46. The highest BCUT2D eigenvalue weighted by molar-refractivity contribution is 6.12. The summed E-state index contributed by atoms with van der Waals surface area (Å²) in [5.41, 5.74) is 5.70. The fraction of sp³-hybridized carbons (Fsp3) is 0.364. The lowest BCUT2D eigenvalue weighted by Crippen LogP contribution is -2.31. The van der Waals surface area contributed by atoms with E-state index in [0.29, 0.717) is 39.0 Å². The lowest BCUT2D eigenvalue weighted by Gasteiger charge is -2.21. The van der Waals surface area contributed by atoms with Gasteiger partial charge < -0.3 is 18.9 Å². The molecule has 1 saturated carbocycles. The second kappa shape index (κ2) is 20.0. The minimum absolute atomic E-state index is 0.0433. The Kier molecular flexibility index (Phi) is 14.6. The molecule has 0 spiro atoms. The average molecular weight is 720 g/mol. The Morgan fingerprint density at radius 3 is 2.00 bits per heavy atom. The number of rotatable bonds is 19. The molecular weight excluding hydrogens is 670 g/mol. The van der Waals surface area contributed by atoms with Crippen molar-refractivity contribution in [3.63, 3.8) is 0 Å². The molecule has 1 aliphatic heterocycles. The van der Waals surface area contributed by atoms with Gasteiger partial charge in [0.15, 0.2) is 0 Å². The van der Waals surface area contributed by atoms with Crippen molar-refractivity contribution in [2.24, 2.45) is 0 Å². The molecule has 3 aromatic rings. The molecule has 0 unspecified atom stereocenters. The van der Waals surface area contributed by atoms with Crippen LogP contribution in [0.4, 0.5) is 0 Å². The van der Waals surface area contributed by atoms with Gasteiger partial charge in [-0.15, -0.1) is 0 Å². The van der Waals surface area contributed by atoms with E-state index in [9.17, 15) is 19.2 Å². The Hall–Kier alpha value is -5.44. The standard InChI is InChI=1S/C44H49NO8/c1-32-30-35(13-12-34-14-19-37(20-15-34)50-27-7-6-26-45-41(46)24-25-42(45)47)16-23-40(32)36-17-21-38(22-18-36)51-28-8-9-29-52-44(49)33(2)31-43(48)53-39-10-4-3-5-11-39/h12-25,30,39H,2-11,26-29,31H2,1H3/b13-12+. The first kappa shape index (κ1) is 38.8. The maximum absolute atomic E-state index is 12.2. The average Bonchev–Trinajstić information content (AvgIpc) is 3.48. The van der Waals surface area contributed by atoms with Crippen LogP contribution >= 0.6 is 0 Å². The third-order valence-electron chi connectivity index (χ3n) is 9.25. The van der Waals surface area contributed by atoms with Crippen molar-refractivity contribution in [2.75, 3.05) is 26.4 Å². The fourth-order valence-electron chi connectivity index (χ4n) is 6.24. The van der Waals surface area contributed by atoms with E-state index >= 15 is 0 Å². The summed E-state index contributed by atoms with van der Waals surface area (Å²) in [4.78, 5) is 48.8. The van der Waals surface area contributed by atoms with Crippen LogP contribution in [0.2, 0.25) is 0 Å². The van der Waals surface area contributed by atoms with Crippen LogP contribution in [-0.2, 0) is 28.7 Å². The number of aryl methyl sites for hydroxylation is 1. The van der Waals surface area contributed by atoms with Crippen LogP contribution in [0.15, 0.2) is 91.0 Å². The third-order valence-corrected chi connectivity index (χ3v) is 9.25. The van der Waals surface area contributed by atoms with Gasteiger partial charge in [-0.1, -0.05) is 67.6 Å². The highest BCUT2D eigenvalue weighted by atomic mass is 16.5. The van der Waals surface area contributed by atoms with E-state index in [2.05, 4.69) is 56.0 Å². The van der Waals surface area contributed by atoms with Crippen LogP contribution in [0.3, 0.4) is 0 Å². The monoisotopic (exact) mass is 719 g/mol. The van der Waals surface area contributed by atoms with Gasteiger partial charge >= 0.3 is 11.9 Å². The molecule has 9 nitrogen and oxygen atoms in total. The van der Waals surface area contributed by atoms with Crippen LogP contribution in [0.5, 0.6) is 11.5 Å². The number of carbonyl (C=O) groups excluding carboxylic acids is 4. The zero-order valence-electron chi connectivity index (χ0n) is 30.6. The van der Waals surface area contributed by atoms with Crippen LogP contribution in [0.1, 0.15) is 80.9 Å². The molecule has 5 rings (SSSR count). The summed E-state index contributed by atoms with van der Waals surface area (Å²) in [6.07, 6.45) is 14.5. The Morgan fingerprint density at radius 2 is 1.34 bits per heavy atom. The normalized spacial score (nSPS) is 14.5. The lowest BCUT2D eigenvalue weighted by molar-refractivity contribution is -0.151. The molecule has 0 saturated heterocycles. The van der Waals surface area contributed by atoms with Crippen molar-refractivity contribution in [2.45, 2.75) is 77.2 Å². The van der Waals surface area contributed by atoms with E-state index in [1.54, 1.807) is 0 Å². The van der Waals surface area contributed by atoms with Crippen molar-refractivity contribution < 1.29 is 38.1 Å². The van der Waals surface area contributed by atoms with E-state index in [1.807, 2.05) is 36.4 Å². The van der Waals surface area contributed by atoms with Gasteiger partial charge in [0.05, 0.1) is 26.2 Å². The molecule has 1 fully saturated rings. The molecule has 1 heterocycles. The molecule has 278 valence electrons. The number of hydrogen-bond acceptors (Lipinski definition) is 8. The SMILES string of the molecule is C=C(CC(=O)OC1CCCCC1)C(=O)OCCCCOc1ccc(-c2ccc(/C=C/c3ccc(OCCCCN4C(=O)C=CC4=O)cc3)cc2C)cc1. The lowest BCUT2D eigenvalue weighted by atomic mass is 9.98. The maximum atomic E-state index is 12.2. The number of hydrogen-bond donors (Lipinski definition) is 0. The molecule has 9 heteroatoms. The van der Waals surface area contributed by atoms with Gasteiger partial charge in [-0.05, 0) is 110 Å². The van der Waals surface area contributed by atoms with Gasteiger partial charge in [0, 0.05) is 24.3 Å². The predicted molar refractivity (Wildman–Crippen MR) is 205 cm³/mol. The second-order valence-electron chi connectivity index (χ2n) is 13.4. The molecule has 0 radical (unpaired) electrons. The van der Waals surface area contributed by atoms with E-state index in [4.69, 9.17) is 18.9 Å². The number of esters is 2. The van der Waals surface area contributed by atoms with Crippen LogP contribution in [0.25, 0.3) is 23.3 Å². The number of imide groups is 1. The predicted octanol–water partition coefficient (Wildman–Crippen LogP) is 8.44. The fourth-order valence-corrected chi connectivity index (χ4v) is 6.24. The molecule has 3 aromatic carbocycles. The van der Waals surface area contributed by atoms with Crippen molar-refractivity contribution in [3.8, 4) is 22.6 Å². The first-order valence-corrected chi connectivity index (χ1v) is 18.6. The maximum Gasteiger partial charge on any atom is 0.333 e. The summed E-state index contributed by atoms with van der Waals surface area (Å²) in [7, 11) is 0. The van der Waals surface area contributed by atoms with Gasteiger partial charge in [-0.25, -0.2) is 4.79 Å². The Labute approximate surface area is 312 Å². The quantitative estimate of drug-likeness (QED) is 0.0400. The summed E-state index contributed by atoms with van der Waals surface area (Å²) in [5, 5.41) is 0. The first-order valence-electron chi connectivity index (χ1n) is 18.6. The van der Waals surface area contributed by atoms with Crippen molar-refractivity contribution in [1.29, 1.82) is 0 Å². The summed E-state index contributed by atoms with van der Waals surface area (Å²) in [6, 6.07) is 22.3. The largest absolute Gasteiger partial charge is 0.494 e. The molecular formula is C44H49NO8. The third kappa shape index (κ3) is 12.3. The molecule has 2 aliphatic rings. The second-order valence-corrected chi connectivity index (χ2v) is 13.4. The molecule has 0 bridgehead atoms. The number of carbonyl (C=O) groups is 4. The molecule has 0 N–H and O–H groups in total. The van der Waals surface area contributed by atoms with Crippen LogP contribution in [-0.4, -0.2) is 61.1 Å². The molecule has 0 aromatic heterocycles. The summed E-state index contributed by atoms with van der Waals surface area (Å²) < 4.78 is 22.5. The molecule has 2 amide bonds. The van der Waals surface area contributed by atoms with Gasteiger partial charge in [0.1, 0.15) is 17.6 Å². The first-order chi connectivity index (χ1) is 25.7. The molecule has 0 atom stereocenters. The van der Waals surface area contributed by atoms with Gasteiger partial charge in [0.25, 0.3) is 11.8 Å². The highest BCUT2D eigenvalue weighted by Crippen LogP contribution is 2.27. The topological polar surface area (TPSA) is 108 Å². The van der Waals surface area contributed by atoms with Crippen molar-refractivity contribution in [3.05, 3.63) is 108 Å². The number of nitrogens with zero attached hydrogens (tertiary/aromatic N) is 1. The molecule has 53 heavy (non-hydrogen) atoms. The number of unbranched alkanes of at least 4 members (excludes halogenated alkanes) is 2. The minimum atomic E-state index is -0.560. The summed E-state index contributed by atoms with van der Waals surface area (Å²) >= 11 is 0. The van der Waals surface area contributed by atoms with Gasteiger partial charge in [-0.3, -0.25) is 19.3 Å². The van der Waals surface area contributed by atoms with E-state index in [0.717, 1.165) is 71.4 Å². The van der Waals surface area contributed by atoms with Gasteiger partial charge in [-0.2, -0.15) is 0 Å². The van der Waals surface area contributed by atoms with Gasteiger partial charge in [0.2, 0.25) is 0 Å². The van der Waals surface area contributed by atoms with E-state index in [-0.39, 0.29) is 36.5 Å². The van der Waals surface area contributed by atoms with Crippen LogP contribution in [0, 0.1) is 6.92 Å². The van der Waals surface area contributed by atoms with Crippen molar-refractivity contribution in [1.82, 2.24) is 4.90 Å². The number of ether oxygens (including phenoxy) is 4. The highest BCUT2D eigenvalue weighted by Gasteiger charge is 2.22. The zero-order valence-corrected chi connectivity index (χ0v) is 30.6. The Balaban J connectivity index is 0.964. The smallest absolute Gasteiger partial charge is 0.333 e. The Bertz CT molecular complexity index is 1770. The number of amides is 2. The summed E-state index contributed by atoms with van der Waals surface area (Å²) in [5.74, 6) is 0.0818. The zero-order chi connectivity index (χ0) is 37.4. The van der Waals surface area contributed by atoms with Crippen molar-refractivity contribution >= 4 is 35.9 Å². The Morgan fingerprint density at radius 1 is 0.755 bits per heavy atom. The van der Waals surface area contributed by atoms with Crippen LogP contribution < -0.4 is 9.47 Å². The minimum Gasteiger partial charge on any atom is -0.494 e. The number of benzene rings is 3.